The average molecular weight is 389 g/mol. The molecule has 0 spiro atoms. The predicted molar refractivity (Wildman–Crippen MR) is 110 cm³/mol. The first-order valence-corrected chi connectivity index (χ1v) is 10.2. The molecule has 1 amide bonds. The van der Waals surface area contributed by atoms with Gasteiger partial charge >= 0.3 is 0 Å². The zero-order chi connectivity index (χ0) is 19.8. The number of morpholine rings is 1. The van der Waals surface area contributed by atoms with Crippen LogP contribution in [0.4, 0.5) is 0 Å². The predicted octanol–water partition coefficient (Wildman–Crippen LogP) is 3.17. The fourth-order valence-corrected chi connectivity index (χ4v) is 4.58. The van der Waals surface area contributed by atoms with Crippen molar-refractivity contribution < 1.29 is 9.53 Å². The van der Waals surface area contributed by atoms with E-state index in [-0.39, 0.29) is 23.6 Å². The van der Waals surface area contributed by atoms with Crippen LogP contribution in [0.1, 0.15) is 36.2 Å². The highest BCUT2D eigenvalue weighted by molar-refractivity contribution is 6.05. The molecule has 1 aliphatic heterocycles. The molecule has 148 valence electrons. The lowest BCUT2D eigenvalue weighted by Gasteiger charge is -2.43. The Balaban J connectivity index is 1.65. The molecule has 1 aromatic heterocycles. The van der Waals surface area contributed by atoms with Gasteiger partial charge in [-0.1, -0.05) is 49.2 Å². The Morgan fingerprint density at radius 3 is 2.52 bits per heavy atom. The van der Waals surface area contributed by atoms with Crippen molar-refractivity contribution in [3.63, 3.8) is 0 Å². The summed E-state index contributed by atoms with van der Waals surface area (Å²) < 4.78 is 7.27. The van der Waals surface area contributed by atoms with Gasteiger partial charge in [0, 0.05) is 11.9 Å². The molecule has 2 heterocycles. The van der Waals surface area contributed by atoms with Gasteiger partial charge in [0.05, 0.1) is 29.8 Å². The summed E-state index contributed by atoms with van der Waals surface area (Å²) in [5.41, 5.74) is 0.756. The lowest BCUT2D eigenvalue weighted by molar-refractivity contribution is -0.0754. The van der Waals surface area contributed by atoms with E-state index in [0.717, 1.165) is 25.7 Å². The van der Waals surface area contributed by atoms with Crippen LogP contribution in [0.3, 0.4) is 0 Å². The van der Waals surface area contributed by atoms with E-state index in [4.69, 9.17) is 4.74 Å². The summed E-state index contributed by atoms with van der Waals surface area (Å²) in [5, 5.41) is 5.66. The van der Waals surface area contributed by atoms with Crippen molar-refractivity contribution in [2.24, 2.45) is 0 Å². The van der Waals surface area contributed by atoms with E-state index < -0.39 is 0 Å². The quantitative estimate of drug-likeness (QED) is 0.675. The summed E-state index contributed by atoms with van der Waals surface area (Å²) in [6.45, 7) is 1.10. The minimum absolute atomic E-state index is 0.0858. The van der Waals surface area contributed by atoms with Gasteiger partial charge in [-0.15, -0.1) is 0 Å². The normalized spacial score (nSPS) is 21.7. The molecule has 6 heteroatoms. The fraction of sp³-hybridized carbons (Fsp3) is 0.348. The lowest BCUT2D eigenvalue weighted by Crippen LogP contribution is -2.55. The summed E-state index contributed by atoms with van der Waals surface area (Å²) in [7, 11) is 0. The van der Waals surface area contributed by atoms with Gasteiger partial charge in [0.15, 0.2) is 5.69 Å². The Morgan fingerprint density at radius 2 is 1.69 bits per heavy atom. The van der Waals surface area contributed by atoms with E-state index in [9.17, 15) is 9.59 Å². The van der Waals surface area contributed by atoms with Crippen LogP contribution in [0, 0.1) is 0 Å². The molecule has 29 heavy (non-hydrogen) atoms. The van der Waals surface area contributed by atoms with Crippen LogP contribution in [-0.4, -0.2) is 45.9 Å². The number of carbonyl (C=O) groups is 1. The number of para-hydroxylation sites is 1. The van der Waals surface area contributed by atoms with Crippen LogP contribution < -0.4 is 5.56 Å². The first-order chi connectivity index (χ1) is 14.2. The monoisotopic (exact) mass is 389 g/mol. The van der Waals surface area contributed by atoms with Crippen LogP contribution in [0.2, 0.25) is 0 Å². The number of rotatable bonds is 2. The molecule has 2 atom stereocenters. The van der Waals surface area contributed by atoms with E-state index in [1.54, 1.807) is 6.07 Å². The summed E-state index contributed by atoms with van der Waals surface area (Å²) in [6, 6.07) is 16.6. The van der Waals surface area contributed by atoms with Gasteiger partial charge in [-0.05, 0) is 31.0 Å². The van der Waals surface area contributed by atoms with Crippen LogP contribution in [0.25, 0.3) is 16.5 Å². The van der Waals surface area contributed by atoms with Crippen molar-refractivity contribution in [3.8, 4) is 5.69 Å². The summed E-state index contributed by atoms with van der Waals surface area (Å²) >= 11 is 0. The number of hydrogen-bond donors (Lipinski definition) is 0. The summed E-state index contributed by atoms with van der Waals surface area (Å²) in [5.74, 6) is -0.119. The van der Waals surface area contributed by atoms with Crippen LogP contribution in [-0.2, 0) is 4.74 Å². The van der Waals surface area contributed by atoms with Gasteiger partial charge in [-0.25, -0.2) is 0 Å². The van der Waals surface area contributed by atoms with E-state index in [1.807, 2.05) is 53.4 Å². The highest BCUT2D eigenvalue weighted by atomic mass is 16.5. The summed E-state index contributed by atoms with van der Waals surface area (Å²) in [4.78, 5) is 28.6. The number of ether oxygens (including phenoxy) is 1. The molecule has 1 saturated carbocycles. The number of hydrogen-bond acceptors (Lipinski definition) is 4. The number of benzene rings is 2. The molecule has 1 saturated heterocycles. The van der Waals surface area contributed by atoms with E-state index in [2.05, 4.69) is 5.10 Å². The van der Waals surface area contributed by atoms with Gasteiger partial charge in [0.1, 0.15) is 0 Å². The van der Waals surface area contributed by atoms with Crippen molar-refractivity contribution in [1.82, 2.24) is 14.7 Å². The number of aromatic nitrogens is 2. The zero-order valence-corrected chi connectivity index (χ0v) is 16.2. The van der Waals surface area contributed by atoms with E-state index >= 15 is 0 Å². The Labute approximate surface area is 168 Å². The average Bonchev–Trinajstić information content (AvgIpc) is 2.79. The Bertz CT molecular complexity index is 1110. The molecule has 2 fully saturated rings. The lowest BCUT2D eigenvalue weighted by atomic mass is 9.90. The zero-order valence-electron chi connectivity index (χ0n) is 16.2. The minimum Gasteiger partial charge on any atom is -0.374 e. The van der Waals surface area contributed by atoms with Gasteiger partial charge in [-0.3, -0.25) is 9.59 Å². The van der Waals surface area contributed by atoms with Crippen molar-refractivity contribution >= 4 is 16.7 Å². The fourth-order valence-electron chi connectivity index (χ4n) is 4.58. The van der Waals surface area contributed by atoms with Crippen molar-refractivity contribution in [2.75, 3.05) is 13.2 Å². The highest BCUT2D eigenvalue weighted by Gasteiger charge is 2.38. The Morgan fingerprint density at radius 1 is 0.966 bits per heavy atom. The molecule has 0 radical (unpaired) electrons. The van der Waals surface area contributed by atoms with Crippen molar-refractivity contribution in [3.05, 3.63) is 70.6 Å². The number of amides is 1. The first kappa shape index (κ1) is 18.1. The first-order valence-electron chi connectivity index (χ1n) is 10.2. The minimum atomic E-state index is -0.221. The van der Waals surface area contributed by atoms with Crippen molar-refractivity contribution in [1.29, 1.82) is 0 Å². The molecular weight excluding hydrogens is 366 g/mol. The molecule has 0 unspecified atom stereocenters. The second-order valence-corrected chi connectivity index (χ2v) is 7.71. The number of nitrogens with zero attached hydrogens (tertiary/aromatic N) is 3. The third-order valence-electron chi connectivity index (χ3n) is 6.00. The Hall–Kier alpha value is -2.99. The SMILES string of the molecule is O=C(c1nn(-c2ccccc2)c(=O)c2ccccc12)N1CCO[C@@H]2CCCC[C@@H]21. The van der Waals surface area contributed by atoms with Gasteiger partial charge in [0.2, 0.25) is 0 Å². The molecule has 5 rings (SSSR count). The molecule has 1 aliphatic carbocycles. The third-order valence-corrected chi connectivity index (χ3v) is 6.00. The van der Waals surface area contributed by atoms with E-state index in [0.29, 0.717) is 35.3 Å². The highest BCUT2D eigenvalue weighted by Crippen LogP contribution is 2.30. The topological polar surface area (TPSA) is 64.4 Å². The maximum Gasteiger partial charge on any atom is 0.279 e. The molecule has 2 aliphatic rings. The molecular formula is C23H23N3O3. The maximum absolute atomic E-state index is 13.7. The second-order valence-electron chi connectivity index (χ2n) is 7.71. The number of carbonyl (C=O) groups excluding carboxylic acids is 1. The van der Waals surface area contributed by atoms with Crippen LogP contribution in [0.5, 0.6) is 0 Å². The number of fused-ring (bicyclic) bond motifs is 2. The maximum atomic E-state index is 13.7. The molecule has 3 aromatic rings. The second kappa shape index (κ2) is 7.44. The Kier molecular flexibility index (Phi) is 4.64. The third kappa shape index (κ3) is 3.13. The van der Waals surface area contributed by atoms with Gasteiger partial charge in [0.25, 0.3) is 11.5 Å². The summed E-state index contributed by atoms with van der Waals surface area (Å²) in [6.07, 6.45) is 4.29. The largest absolute Gasteiger partial charge is 0.374 e. The molecule has 6 nitrogen and oxygen atoms in total. The molecule has 0 N–H and O–H groups in total. The van der Waals surface area contributed by atoms with Crippen molar-refractivity contribution in [2.45, 2.75) is 37.8 Å². The van der Waals surface area contributed by atoms with Gasteiger partial charge in [-0.2, -0.15) is 9.78 Å². The molecule has 0 bridgehead atoms. The molecule has 2 aromatic carbocycles. The van der Waals surface area contributed by atoms with Crippen LogP contribution in [0.15, 0.2) is 59.4 Å². The van der Waals surface area contributed by atoms with Gasteiger partial charge < -0.3 is 9.64 Å². The standard InChI is InChI=1S/C23H23N3O3/c27-22-18-11-5-4-10-17(18)21(24-26(22)16-8-2-1-3-9-16)23(28)25-14-15-29-20-13-7-6-12-19(20)25/h1-5,8-11,19-20H,6-7,12-15H2/t19-,20+/m0/s1. The van der Waals surface area contributed by atoms with Crippen LogP contribution >= 0.6 is 0 Å². The smallest absolute Gasteiger partial charge is 0.279 e. The van der Waals surface area contributed by atoms with E-state index in [1.165, 1.54) is 4.68 Å².